The first kappa shape index (κ1) is 13.2. The molecule has 4 nitrogen and oxygen atoms in total. The SMILES string of the molecule is Cc1nccc([C@@H]2CCCCN2Cc2ccccn2)n1. The summed E-state index contributed by atoms with van der Waals surface area (Å²) in [6.07, 6.45) is 7.43. The Morgan fingerprint density at radius 3 is 2.90 bits per heavy atom. The van der Waals surface area contributed by atoms with Gasteiger partial charge in [-0.1, -0.05) is 12.5 Å². The van der Waals surface area contributed by atoms with Crippen molar-refractivity contribution >= 4 is 0 Å². The van der Waals surface area contributed by atoms with Crippen LogP contribution in [0.4, 0.5) is 0 Å². The predicted molar refractivity (Wildman–Crippen MR) is 78.0 cm³/mol. The van der Waals surface area contributed by atoms with Crippen molar-refractivity contribution < 1.29 is 0 Å². The molecular formula is C16H20N4. The fourth-order valence-electron chi connectivity index (χ4n) is 2.87. The van der Waals surface area contributed by atoms with Gasteiger partial charge in [-0.05, 0) is 44.5 Å². The number of piperidine rings is 1. The largest absolute Gasteiger partial charge is 0.289 e. The van der Waals surface area contributed by atoms with E-state index in [9.17, 15) is 0 Å². The van der Waals surface area contributed by atoms with Crippen LogP contribution in [0.3, 0.4) is 0 Å². The van der Waals surface area contributed by atoms with E-state index in [1.165, 1.54) is 19.3 Å². The summed E-state index contributed by atoms with van der Waals surface area (Å²) in [6.45, 7) is 3.97. The Morgan fingerprint density at radius 1 is 1.15 bits per heavy atom. The Kier molecular flexibility index (Phi) is 4.02. The molecule has 0 spiro atoms. The zero-order chi connectivity index (χ0) is 13.8. The molecule has 20 heavy (non-hydrogen) atoms. The Bertz CT molecular complexity index is 555. The molecule has 4 heteroatoms. The van der Waals surface area contributed by atoms with E-state index in [4.69, 9.17) is 0 Å². The number of likely N-dealkylation sites (tertiary alicyclic amines) is 1. The van der Waals surface area contributed by atoms with Crippen LogP contribution in [0.5, 0.6) is 0 Å². The number of aromatic nitrogens is 3. The Morgan fingerprint density at radius 2 is 2.10 bits per heavy atom. The van der Waals surface area contributed by atoms with Gasteiger partial charge in [0.25, 0.3) is 0 Å². The van der Waals surface area contributed by atoms with Gasteiger partial charge >= 0.3 is 0 Å². The lowest BCUT2D eigenvalue weighted by Crippen LogP contribution is -2.33. The molecule has 3 rings (SSSR count). The molecule has 0 aliphatic carbocycles. The molecule has 1 aliphatic rings. The molecule has 104 valence electrons. The first-order valence-corrected chi connectivity index (χ1v) is 7.26. The third-order valence-electron chi connectivity index (χ3n) is 3.84. The predicted octanol–water partition coefficient (Wildman–Crippen LogP) is 2.91. The van der Waals surface area contributed by atoms with E-state index in [0.29, 0.717) is 6.04 Å². The highest BCUT2D eigenvalue weighted by atomic mass is 15.2. The summed E-state index contributed by atoms with van der Waals surface area (Å²) < 4.78 is 0. The van der Waals surface area contributed by atoms with Crippen molar-refractivity contribution in [2.24, 2.45) is 0 Å². The molecule has 0 amide bonds. The van der Waals surface area contributed by atoms with E-state index in [2.05, 4.69) is 38.1 Å². The summed E-state index contributed by atoms with van der Waals surface area (Å²) in [6, 6.07) is 8.55. The highest BCUT2D eigenvalue weighted by Gasteiger charge is 2.25. The van der Waals surface area contributed by atoms with E-state index >= 15 is 0 Å². The molecule has 2 aromatic rings. The maximum Gasteiger partial charge on any atom is 0.125 e. The van der Waals surface area contributed by atoms with Crippen LogP contribution in [-0.4, -0.2) is 26.4 Å². The third-order valence-corrected chi connectivity index (χ3v) is 3.84. The molecule has 1 atom stereocenters. The molecule has 1 fully saturated rings. The normalized spacial score (nSPS) is 19.9. The Hall–Kier alpha value is -1.81. The van der Waals surface area contributed by atoms with Gasteiger partial charge in [-0.25, -0.2) is 9.97 Å². The van der Waals surface area contributed by atoms with Gasteiger partial charge in [0, 0.05) is 18.9 Å². The summed E-state index contributed by atoms with van der Waals surface area (Å²) in [5, 5.41) is 0. The molecule has 0 aromatic carbocycles. The van der Waals surface area contributed by atoms with Crippen molar-refractivity contribution in [3.05, 3.63) is 53.9 Å². The molecule has 1 aliphatic heterocycles. The standard InChI is InChI=1S/C16H20N4/c1-13-17-10-8-15(19-13)16-7-3-5-11-20(16)12-14-6-2-4-9-18-14/h2,4,6,8-10,16H,3,5,7,11-12H2,1H3/t16-/m0/s1. The minimum Gasteiger partial charge on any atom is -0.289 e. The molecule has 0 bridgehead atoms. The van der Waals surface area contributed by atoms with Gasteiger partial charge < -0.3 is 0 Å². The lowest BCUT2D eigenvalue weighted by Gasteiger charge is -2.35. The second-order valence-electron chi connectivity index (χ2n) is 5.33. The summed E-state index contributed by atoms with van der Waals surface area (Å²) in [4.78, 5) is 15.8. The number of rotatable bonds is 3. The van der Waals surface area contributed by atoms with Crippen molar-refractivity contribution in [3.63, 3.8) is 0 Å². The van der Waals surface area contributed by atoms with E-state index < -0.39 is 0 Å². The van der Waals surface area contributed by atoms with Crippen LogP contribution in [0.1, 0.15) is 42.5 Å². The number of nitrogens with zero attached hydrogens (tertiary/aromatic N) is 4. The first-order valence-electron chi connectivity index (χ1n) is 7.26. The van der Waals surface area contributed by atoms with Crippen LogP contribution in [0.25, 0.3) is 0 Å². The Labute approximate surface area is 119 Å². The summed E-state index contributed by atoms with van der Waals surface area (Å²) in [5.74, 6) is 0.853. The Balaban J connectivity index is 1.80. The van der Waals surface area contributed by atoms with Crippen molar-refractivity contribution in [1.82, 2.24) is 19.9 Å². The van der Waals surface area contributed by atoms with Gasteiger partial charge in [0.15, 0.2) is 0 Å². The summed E-state index contributed by atoms with van der Waals surface area (Å²) in [7, 11) is 0. The molecule has 0 unspecified atom stereocenters. The van der Waals surface area contributed by atoms with Gasteiger partial charge in [-0.2, -0.15) is 0 Å². The van der Waals surface area contributed by atoms with Crippen molar-refractivity contribution in [2.45, 2.75) is 38.8 Å². The van der Waals surface area contributed by atoms with Gasteiger partial charge in [0.2, 0.25) is 0 Å². The third kappa shape index (κ3) is 3.02. The fraction of sp³-hybridized carbons (Fsp3) is 0.438. The molecular weight excluding hydrogens is 248 g/mol. The van der Waals surface area contributed by atoms with E-state index in [-0.39, 0.29) is 0 Å². The average Bonchev–Trinajstić information content (AvgIpc) is 2.49. The van der Waals surface area contributed by atoms with Crippen molar-refractivity contribution in [2.75, 3.05) is 6.54 Å². The summed E-state index contributed by atoms with van der Waals surface area (Å²) in [5.41, 5.74) is 2.28. The molecule has 1 saturated heterocycles. The van der Waals surface area contributed by atoms with Gasteiger partial charge in [0.1, 0.15) is 5.82 Å². The minimum atomic E-state index is 0.396. The quantitative estimate of drug-likeness (QED) is 0.858. The maximum atomic E-state index is 4.62. The van der Waals surface area contributed by atoms with Crippen LogP contribution in [-0.2, 0) is 6.54 Å². The molecule has 0 radical (unpaired) electrons. The van der Waals surface area contributed by atoms with Crippen LogP contribution in [0.15, 0.2) is 36.7 Å². The average molecular weight is 268 g/mol. The van der Waals surface area contributed by atoms with Crippen LogP contribution >= 0.6 is 0 Å². The summed E-state index contributed by atoms with van der Waals surface area (Å²) >= 11 is 0. The van der Waals surface area contributed by atoms with Gasteiger partial charge in [-0.15, -0.1) is 0 Å². The van der Waals surface area contributed by atoms with E-state index in [1.807, 2.05) is 25.4 Å². The van der Waals surface area contributed by atoms with E-state index in [1.54, 1.807) is 0 Å². The second-order valence-corrected chi connectivity index (χ2v) is 5.33. The van der Waals surface area contributed by atoms with E-state index in [0.717, 1.165) is 30.3 Å². The molecule has 0 saturated carbocycles. The fourth-order valence-corrected chi connectivity index (χ4v) is 2.87. The maximum absolute atomic E-state index is 4.62. The first-order chi connectivity index (χ1) is 9.83. The van der Waals surface area contributed by atoms with Crippen molar-refractivity contribution in [1.29, 1.82) is 0 Å². The lowest BCUT2D eigenvalue weighted by atomic mass is 9.98. The second kappa shape index (κ2) is 6.09. The van der Waals surface area contributed by atoms with Gasteiger partial charge in [-0.3, -0.25) is 9.88 Å². The van der Waals surface area contributed by atoms with Crippen molar-refractivity contribution in [3.8, 4) is 0 Å². The zero-order valence-corrected chi connectivity index (χ0v) is 11.9. The smallest absolute Gasteiger partial charge is 0.125 e. The van der Waals surface area contributed by atoms with Crippen LogP contribution < -0.4 is 0 Å². The molecule has 2 aromatic heterocycles. The topological polar surface area (TPSA) is 41.9 Å². The molecule has 3 heterocycles. The number of pyridine rings is 1. The number of hydrogen-bond donors (Lipinski definition) is 0. The van der Waals surface area contributed by atoms with Gasteiger partial charge in [0.05, 0.1) is 17.4 Å². The highest BCUT2D eigenvalue weighted by Crippen LogP contribution is 2.30. The number of hydrogen-bond acceptors (Lipinski definition) is 4. The number of aryl methyl sites for hydroxylation is 1. The monoisotopic (exact) mass is 268 g/mol. The highest BCUT2D eigenvalue weighted by molar-refractivity contribution is 5.10. The van der Waals surface area contributed by atoms with Crippen LogP contribution in [0.2, 0.25) is 0 Å². The van der Waals surface area contributed by atoms with Crippen LogP contribution in [0, 0.1) is 6.92 Å². The minimum absolute atomic E-state index is 0.396. The molecule has 0 N–H and O–H groups in total. The zero-order valence-electron chi connectivity index (χ0n) is 11.9. The lowest BCUT2D eigenvalue weighted by molar-refractivity contribution is 0.135.